The number of ether oxygens (including phenoxy) is 1. The molecule has 36 heavy (non-hydrogen) atoms. The molecule has 2 aromatic carbocycles. The van der Waals surface area contributed by atoms with Crippen LogP contribution < -0.4 is 4.74 Å². The molecule has 1 saturated carbocycles. The van der Waals surface area contributed by atoms with Crippen LogP contribution in [0.4, 0.5) is 13.2 Å². The number of aliphatic carboxylic acids is 1. The van der Waals surface area contributed by atoms with E-state index in [4.69, 9.17) is 4.74 Å². The zero-order valence-electron chi connectivity index (χ0n) is 21.7. The Morgan fingerprint density at radius 2 is 1.67 bits per heavy atom. The Morgan fingerprint density at radius 1 is 1.00 bits per heavy atom. The first-order chi connectivity index (χ1) is 17.2. The molecule has 0 spiro atoms. The number of carboxylic acid groups (broad SMARTS) is 1. The summed E-state index contributed by atoms with van der Waals surface area (Å²) in [6.07, 6.45) is 7.83. The van der Waals surface area contributed by atoms with Crippen molar-refractivity contribution in [1.29, 1.82) is 0 Å². The summed E-state index contributed by atoms with van der Waals surface area (Å²) in [6.45, 7) is 5.93. The number of carboxylic acids is 1. The second-order valence-electron chi connectivity index (χ2n) is 10.3. The second kappa shape index (κ2) is 12.6. The lowest BCUT2D eigenvalue weighted by atomic mass is 9.67. The van der Waals surface area contributed by atoms with E-state index in [1.54, 1.807) is 31.2 Å². The van der Waals surface area contributed by atoms with Gasteiger partial charge in [0.2, 0.25) is 11.5 Å². The van der Waals surface area contributed by atoms with Crippen LogP contribution in [0.1, 0.15) is 90.0 Å². The lowest BCUT2D eigenvalue weighted by Crippen LogP contribution is -2.49. The minimum absolute atomic E-state index is 0.0949. The van der Waals surface area contributed by atoms with Gasteiger partial charge < -0.3 is 9.84 Å². The van der Waals surface area contributed by atoms with E-state index in [1.165, 1.54) is 12.1 Å². The molecule has 0 saturated heterocycles. The smallest absolute Gasteiger partial charge is 0.342 e. The molecule has 6 heteroatoms. The van der Waals surface area contributed by atoms with E-state index < -0.39 is 35.1 Å². The van der Waals surface area contributed by atoms with E-state index in [2.05, 4.69) is 6.92 Å². The average molecular weight is 505 g/mol. The van der Waals surface area contributed by atoms with Crippen molar-refractivity contribution in [2.75, 3.05) is 6.61 Å². The summed E-state index contributed by atoms with van der Waals surface area (Å²) < 4.78 is 51.0. The molecule has 1 N–H and O–H groups in total. The Morgan fingerprint density at radius 3 is 2.28 bits per heavy atom. The molecule has 0 amide bonds. The third-order valence-corrected chi connectivity index (χ3v) is 7.99. The molecule has 0 radical (unpaired) electrons. The van der Waals surface area contributed by atoms with Crippen molar-refractivity contribution in [1.82, 2.24) is 0 Å². The number of alkyl halides is 1. The summed E-state index contributed by atoms with van der Waals surface area (Å²) in [4.78, 5) is 12.1. The number of halogens is 3. The first-order valence-corrected chi connectivity index (χ1v) is 13.3. The number of hydrogen-bond donors (Lipinski definition) is 1. The van der Waals surface area contributed by atoms with Crippen LogP contribution in [0.15, 0.2) is 36.4 Å². The van der Waals surface area contributed by atoms with Crippen molar-refractivity contribution in [2.24, 2.45) is 11.8 Å². The second-order valence-corrected chi connectivity index (χ2v) is 10.3. The third-order valence-electron chi connectivity index (χ3n) is 7.99. The van der Waals surface area contributed by atoms with Gasteiger partial charge in [-0.15, -0.1) is 0 Å². The number of carbonyl (C=O) groups is 1. The molecule has 3 atom stereocenters. The molecular formula is C30H39F3O3. The van der Waals surface area contributed by atoms with Gasteiger partial charge in [-0.1, -0.05) is 83.6 Å². The maximum absolute atomic E-state index is 16.1. The molecule has 1 fully saturated rings. The lowest BCUT2D eigenvalue weighted by molar-refractivity contribution is -0.162. The van der Waals surface area contributed by atoms with Crippen LogP contribution in [0, 0.1) is 23.5 Å². The number of hydrogen-bond acceptors (Lipinski definition) is 2. The van der Waals surface area contributed by atoms with Crippen molar-refractivity contribution < 1.29 is 27.8 Å². The fourth-order valence-corrected chi connectivity index (χ4v) is 5.46. The molecule has 0 heterocycles. The molecule has 0 bridgehead atoms. The van der Waals surface area contributed by atoms with E-state index in [0.717, 1.165) is 50.5 Å². The summed E-state index contributed by atoms with van der Waals surface area (Å²) in [5, 5.41) is 9.85. The molecule has 198 valence electrons. The van der Waals surface area contributed by atoms with Crippen LogP contribution in [-0.2, 0) is 4.79 Å². The topological polar surface area (TPSA) is 46.5 Å². The van der Waals surface area contributed by atoms with E-state index in [-0.39, 0.29) is 17.2 Å². The summed E-state index contributed by atoms with van der Waals surface area (Å²) in [7, 11) is 0. The highest BCUT2D eigenvalue weighted by molar-refractivity contribution is 5.78. The van der Waals surface area contributed by atoms with Gasteiger partial charge in [0.15, 0.2) is 11.6 Å². The molecule has 3 nitrogen and oxygen atoms in total. The van der Waals surface area contributed by atoms with Crippen LogP contribution in [0.2, 0.25) is 0 Å². The van der Waals surface area contributed by atoms with Crippen LogP contribution in [-0.4, -0.2) is 23.4 Å². The van der Waals surface area contributed by atoms with Crippen LogP contribution >= 0.6 is 0 Å². The predicted octanol–water partition coefficient (Wildman–Crippen LogP) is 8.70. The van der Waals surface area contributed by atoms with E-state index in [9.17, 15) is 18.7 Å². The largest absolute Gasteiger partial charge is 0.490 e. The predicted molar refractivity (Wildman–Crippen MR) is 137 cm³/mol. The molecule has 0 aliphatic heterocycles. The maximum Gasteiger partial charge on any atom is 0.342 e. The first-order valence-electron chi connectivity index (χ1n) is 13.3. The zero-order valence-corrected chi connectivity index (χ0v) is 21.7. The van der Waals surface area contributed by atoms with Gasteiger partial charge in [-0.2, -0.15) is 4.39 Å². The Bertz CT molecular complexity index is 1000. The molecule has 1 unspecified atom stereocenters. The SMILES string of the molecule is CCCCCCOc1ccc(-c2ccc(C(C)[C@H](C)[C@](F)(C(=O)O)C3CCCCC3)cc2)c(F)c1F. The minimum Gasteiger partial charge on any atom is -0.490 e. The molecule has 3 rings (SSSR count). The zero-order chi connectivity index (χ0) is 26.3. The lowest BCUT2D eigenvalue weighted by Gasteiger charge is -2.39. The van der Waals surface area contributed by atoms with Gasteiger partial charge in [-0.25, -0.2) is 13.6 Å². The summed E-state index contributed by atoms with van der Waals surface area (Å²) >= 11 is 0. The van der Waals surface area contributed by atoms with Crippen molar-refractivity contribution in [2.45, 2.75) is 90.1 Å². The van der Waals surface area contributed by atoms with Crippen LogP contribution in [0.25, 0.3) is 11.1 Å². The van der Waals surface area contributed by atoms with E-state index in [0.29, 0.717) is 25.0 Å². The number of benzene rings is 2. The molecule has 0 aromatic heterocycles. The van der Waals surface area contributed by atoms with E-state index in [1.807, 2.05) is 6.92 Å². The standard InChI is InChI=1S/C30H39F3O3/c1-4-5-6-10-19-36-26-18-17-25(27(31)28(26)32)23-15-13-22(14-16-23)20(2)21(3)30(33,29(34)35)24-11-8-7-9-12-24/h13-18,20-21,24H,4-12,19H2,1-3H3,(H,34,35)/t20?,21-,30+/m0/s1. The van der Waals surface area contributed by atoms with Crippen molar-refractivity contribution in [3.8, 4) is 16.9 Å². The highest BCUT2D eigenvalue weighted by atomic mass is 19.2. The third kappa shape index (κ3) is 6.07. The average Bonchev–Trinajstić information content (AvgIpc) is 2.90. The first kappa shape index (κ1) is 28.1. The Balaban J connectivity index is 1.74. The van der Waals surface area contributed by atoms with Gasteiger partial charge >= 0.3 is 5.97 Å². The Kier molecular flexibility index (Phi) is 9.86. The summed E-state index contributed by atoms with van der Waals surface area (Å²) in [5.74, 6) is -5.08. The molecule has 1 aliphatic carbocycles. The van der Waals surface area contributed by atoms with Crippen LogP contribution in [0.3, 0.4) is 0 Å². The highest BCUT2D eigenvalue weighted by Gasteiger charge is 2.52. The quantitative estimate of drug-likeness (QED) is 0.294. The Labute approximate surface area is 213 Å². The summed E-state index contributed by atoms with van der Waals surface area (Å²) in [6, 6.07) is 9.78. The van der Waals surface area contributed by atoms with Gasteiger partial charge in [0.05, 0.1) is 6.61 Å². The maximum atomic E-state index is 16.1. The highest BCUT2D eigenvalue weighted by Crippen LogP contribution is 2.45. The fraction of sp³-hybridized carbons (Fsp3) is 0.567. The number of rotatable bonds is 12. The van der Waals surface area contributed by atoms with Gasteiger partial charge in [0, 0.05) is 17.4 Å². The number of unbranched alkanes of at least 4 members (excludes halogenated alkanes) is 3. The van der Waals surface area contributed by atoms with Crippen molar-refractivity contribution in [3.05, 3.63) is 53.6 Å². The van der Waals surface area contributed by atoms with Gasteiger partial charge in [0.1, 0.15) is 0 Å². The Hall–Kier alpha value is -2.50. The van der Waals surface area contributed by atoms with Crippen LogP contribution in [0.5, 0.6) is 5.75 Å². The van der Waals surface area contributed by atoms with Crippen molar-refractivity contribution in [3.63, 3.8) is 0 Å². The van der Waals surface area contributed by atoms with Gasteiger partial charge in [0.25, 0.3) is 0 Å². The van der Waals surface area contributed by atoms with E-state index >= 15 is 4.39 Å². The van der Waals surface area contributed by atoms with Crippen molar-refractivity contribution >= 4 is 5.97 Å². The van der Waals surface area contributed by atoms with Gasteiger partial charge in [-0.05, 0) is 48.4 Å². The molecule has 1 aliphatic rings. The monoisotopic (exact) mass is 504 g/mol. The normalized spacial score (nSPS) is 17.8. The molecular weight excluding hydrogens is 465 g/mol. The fourth-order valence-electron chi connectivity index (χ4n) is 5.46. The summed E-state index contributed by atoms with van der Waals surface area (Å²) in [5.41, 5.74) is -0.939. The van der Waals surface area contributed by atoms with Gasteiger partial charge in [-0.3, -0.25) is 0 Å². The minimum atomic E-state index is -2.31. The molecule has 2 aromatic rings.